The molecule has 1 unspecified atom stereocenters. The number of hydrogen-bond donors (Lipinski definition) is 1. The Bertz CT molecular complexity index is 559. The molecule has 0 aliphatic carbocycles. The number of nitrogens with zero attached hydrogens (tertiary/aromatic N) is 2. The zero-order chi connectivity index (χ0) is 13.3. The summed E-state index contributed by atoms with van der Waals surface area (Å²) in [5, 5.41) is 9.96. The van der Waals surface area contributed by atoms with Gasteiger partial charge in [0.1, 0.15) is 5.75 Å². The maximum absolute atomic E-state index is 9.96. The minimum absolute atomic E-state index is 0.599. The van der Waals surface area contributed by atoms with Crippen LogP contribution in [0.1, 0.15) is 30.0 Å². The summed E-state index contributed by atoms with van der Waals surface area (Å²) in [5.41, 5.74) is 3.72. The second kappa shape index (κ2) is 4.82. The SMILES string of the molecule is COc1cccc(-n2cnc(C)c2C)c1C(C)O. The highest BCUT2D eigenvalue weighted by molar-refractivity contribution is 5.52. The highest BCUT2D eigenvalue weighted by Gasteiger charge is 2.16. The highest BCUT2D eigenvalue weighted by atomic mass is 16.5. The van der Waals surface area contributed by atoms with Crippen molar-refractivity contribution in [3.8, 4) is 11.4 Å². The van der Waals surface area contributed by atoms with Gasteiger partial charge in [-0.3, -0.25) is 0 Å². The summed E-state index contributed by atoms with van der Waals surface area (Å²) in [7, 11) is 1.61. The molecule has 0 saturated carbocycles. The fraction of sp³-hybridized carbons (Fsp3) is 0.357. The van der Waals surface area contributed by atoms with Crippen LogP contribution in [0.5, 0.6) is 5.75 Å². The molecule has 1 aromatic heterocycles. The van der Waals surface area contributed by atoms with E-state index in [-0.39, 0.29) is 0 Å². The Labute approximate surface area is 107 Å². The molecule has 0 saturated heterocycles. The molecular formula is C14H18N2O2. The van der Waals surface area contributed by atoms with Crippen molar-refractivity contribution in [2.75, 3.05) is 7.11 Å². The number of hydrogen-bond acceptors (Lipinski definition) is 3. The van der Waals surface area contributed by atoms with Gasteiger partial charge in [0.05, 0.1) is 30.9 Å². The predicted molar refractivity (Wildman–Crippen MR) is 70.2 cm³/mol. The average Bonchev–Trinajstić information content (AvgIpc) is 2.69. The smallest absolute Gasteiger partial charge is 0.126 e. The minimum atomic E-state index is -0.599. The number of rotatable bonds is 3. The normalized spacial score (nSPS) is 12.5. The zero-order valence-corrected chi connectivity index (χ0v) is 11.1. The van der Waals surface area contributed by atoms with Gasteiger partial charge in [0.2, 0.25) is 0 Å². The summed E-state index contributed by atoms with van der Waals surface area (Å²) < 4.78 is 7.29. The fourth-order valence-electron chi connectivity index (χ4n) is 2.08. The van der Waals surface area contributed by atoms with Crippen LogP contribution in [0.3, 0.4) is 0 Å². The number of ether oxygens (including phenoxy) is 1. The third kappa shape index (κ3) is 1.99. The molecular weight excluding hydrogens is 228 g/mol. The highest BCUT2D eigenvalue weighted by Crippen LogP contribution is 2.31. The molecule has 1 aromatic carbocycles. The van der Waals surface area contributed by atoms with E-state index in [9.17, 15) is 5.11 Å². The van der Waals surface area contributed by atoms with Gasteiger partial charge < -0.3 is 14.4 Å². The van der Waals surface area contributed by atoms with Crippen LogP contribution in [0.2, 0.25) is 0 Å². The monoisotopic (exact) mass is 246 g/mol. The predicted octanol–water partition coefficient (Wildman–Crippen LogP) is 2.55. The zero-order valence-electron chi connectivity index (χ0n) is 11.1. The maximum Gasteiger partial charge on any atom is 0.126 e. The average molecular weight is 246 g/mol. The Balaban J connectivity index is 2.67. The molecule has 0 amide bonds. The van der Waals surface area contributed by atoms with Crippen molar-refractivity contribution in [3.05, 3.63) is 41.5 Å². The molecule has 1 N–H and O–H groups in total. The van der Waals surface area contributed by atoms with Gasteiger partial charge in [-0.25, -0.2) is 4.98 Å². The van der Waals surface area contributed by atoms with Gasteiger partial charge in [0, 0.05) is 11.3 Å². The molecule has 1 atom stereocenters. The van der Waals surface area contributed by atoms with E-state index in [1.807, 2.05) is 36.6 Å². The molecule has 0 bridgehead atoms. The first-order valence-electron chi connectivity index (χ1n) is 5.92. The molecule has 0 spiro atoms. The van der Waals surface area contributed by atoms with Gasteiger partial charge >= 0.3 is 0 Å². The van der Waals surface area contributed by atoms with E-state index in [1.54, 1.807) is 20.4 Å². The van der Waals surface area contributed by atoms with Crippen molar-refractivity contribution in [2.24, 2.45) is 0 Å². The van der Waals surface area contributed by atoms with Gasteiger partial charge in [0.15, 0.2) is 0 Å². The second-order valence-corrected chi connectivity index (χ2v) is 4.35. The number of benzene rings is 1. The molecule has 2 rings (SSSR count). The lowest BCUT2D eigenvalue weighted by atomic mass is 10.1. The van der Waals surface area contributed by atoms with E-state index >= 15 is 0 Å². The van der Waals surface area contributed by atoms with Crippen molar-refractivity contribution >= 4 is 0 Å². The largest absolute Gasteiger partial charge is 0.496 e. The molecule has 96 valence electrons. The molecule has 2 aromatic rings. The Kier molecular flexibility index (Phi) is 3.39. The summed E-state index contributed by atoms with van der Waals surface area (Å²) in [6, 6.07) is 5.72. The van der Waals surface area contributed by atoms with Crippen molar-refractivity contribution in [1.29, 1.82) is 0 Å². The fourth-order valence-corrected chi connectivity index (χ4v) is 2.08. The van der Waals surface area contributed by atoms with Crippen molar-refractivity contribution < 1.29 is 9.84 Å². The van der Waals surface area contributed by atoms with Crippen LogP contribution < -0.4 is 4.74 Å². The number of imidazole rings is 1. The Morgan fingerprint density at radius 2 is 2.06 bits per heavy atom. The van der Waals surface area contributed by atoms with Crippen LogP contribution in [0.25, 0.3) is 5.69 Å². The standard InChI is InChI=1S/C14H18N2O2/c1-9-10(2)16(8-15-9)12-6-5-7-13(18-4)14(12)11(3)17/h5-8,11,17H,1-4H3. The molecule has 4 heteroatoms. The summed E-state index contributed by atoms with van der Waals surface area (Å²) in [4.78, 5) is 4.29. The summed E-state index contributed by atoms with van der Waals surface area (Å²) in [5.74, 6) is 0.688. The van der Waals surface area contributed by atoms with Gasteiger partial charge in [-0.1, -0.05) is 6.07 Å². The summed E-state index contributed by atoms with van der Waals surface area (Å²) in [6.45, 7) is 5.71. The first-order valence-corrected chi connectivity index (χ1v) is 5.92. The Morgan fingerprint density at radius 3 is 2.56 bits per heavy atom. The molecule has 18 heavy (non-hydrogen) atoms. The quantitative estimate of drug-likeness (QED) is 0.905. The minimum Gasteiger partial charge on any atom is -0.496 e. The topological polar surface area (TPSA) is 47.3 Å². The van der Waals surface area contributed by atoms with E-state index in [0.717, 1.165) is 22.6 Å². The van der Waals surface area contributed by atoms with E-state index < -0.39 is 6.10 Å². The van der Waals surface area contributed by atoms with Gasteiger partial charge in [-0.15, -0.1) is 0 Å². The van der Waals surface area contributed by atoms with Crippen LogP contribution in [-0.4, -0.2) is 21.8 Å². The number of aromatic nitrogens is 2. The lowest BCUT2D eigenvalue weighted by Gasteiger charge is -2.17. The van der Waals surface area contributed by atoms with Crippen molar-refractivity contribution in [1.82, 2.24) is 9.55 Å². The Hall–Kier alpha value is -1.81. The van der Waals surface area contributed by atoms with E-state index in [4.69, 9.17) is 4.74 Å². The summed E-state index contributed by atoms with van der Waals surface area (Å²) in [6.07, 6.45) is 1.17. The van der Waals surface area contributed by atoms with Gasteiger partial charge in [-0.2, -0.15) is 0 Å². The van der Waals surface area contributed by atoms with E-state index in [0.29, 0.717) is 5.75 Å². The third-order valence-corrected chi connectivity index (χ3v) is 3.19. The Morgan fingerprint density at radius 1 is 1.33 bits per heavy atom. The number of aliphatic hydroxyl groups excluding tert-OH is 1. The van der Waals surface area contributed by atoms with Gasteiger partial charge in [0.25, 0.3) is 0 Å². The maximum atomic E-state index is 9.96. The first kappa shape index (κ1) is 12.6. The van der Waals surface area contributed by atoms with Crippen LogP contribution in [0, 0.1) is 13.8 Å². The first-order chi connectivity index (χ1) is 8.56. The van der Waals surface area contributed by atoms with Crippen LogP contribution >= 0.6 is 0 Å². The lowest BCUT2D eigenvalue weighted by molar-refractivity contribution is 0.194. The van der Waals surface area contributed by atoms with E-state index in [2.05, 4.69) is 4.98 Å². The number of methoxy groups -OCH3 is 1. The molecule has 0 radical (unpaired) electrons. The van der Waals surface area contributed by atoms with Crippen molar-refractivity contribution in [2.45, 2.75) is 26.9 Å². The number of aryl methyl sites for hydroxylation is 1. The van der Waals surface area contributed by atoms with E-state index in [1.165, 1.54) is 0 Å². The van der Waals surface area contributed by atoms with Crippen LogP contribution in [0.4, 0.5) is 0 Å². The van der Waals surface area contributed by atoms with Crippen molar-refractivity contribution in [3.63, 3.8) is 0 Å². The van der Waals surface area contributed by atoms with Crippen LogP contribution in [0.15, 0.2) is 24.5 Å². The molecule has 0 aliphatic heterocycles. The third-order valence-electron chi connectivity index (χ3n) is 3.19. The molecule has 1 heterocycles. The molecule has 4 nitrogen and oxygen atoms in total. The number of aliphatic hydroxyl groups is 1. The van der Waals surface area contributed by atoms with Crippen LogP contribution in [-0.2, 0) is 0 Å². The lowest BCUT2D eigenvalue weighted by Crippen LogP contribution is -2.05. The second-order valence-electron chi connectivity index (χ2n) is 4.35. The molecule has 0 fully saturated rings. The summed E-state index contributed by atoms with van der Waals surface area (Å²) >= 11 is 0. The molecule has 0 aliphatic rings. The van der Waals surface area contributed by atoms with Gasteiger partial charge in [-0.05, 0) is 32.9 Å².